The number of benzene rings is 1. The van der Waals surface area contributed by atoms with Crippen LogP contribution in [0, 0.1) is 5.92 Å². The second-order valence-electron chi connectivity index (χ2n) is 5.17. The van der Waals surface area contributed by atoms with Gasteiger partial charge in [0, 0.05) is 12.1 Å². The van der Waals surface area contributed by atoms with Crippen LogP contribution in [0.2, 0.25) is 0 Å². The Kier molecular flexibility index (Phi) is 4.00. The van der Waals surface area contributed by atoms with Crippen molar-refractivity contribution in [2.45, 2.75) is 51.6 Å². The second kappa shape index (κ2) is 5.49. The Morgan fingerprint density at radius 1 is 1.12 bits per heavy atom. The van der Waals surface area contributed by atoms with Gasteiger partial charge < -0.3 is 5.32 Å². The van der Waals surface area contributed by atoms with E-state index in [0.717, 1.165) is 5.92 Å². The monoisotopic (exact) mass is 217 g/mol. The first-order valence-corrected chi connectivity index (χ1v) is 6.58. The Morgan fingerprint density at radius 3 is 2.50 bits per heavy atom. The van der Waals surface area contributed by atoms with Crippen molar-refractivity contribution >= 4 is 0 Å². The Balaban J connectivity index is 1.94. The van der Waals surface area contributed by atoms with Crippen LogP contribution in [-0.4, -0.2) is 6.04 Å². The zero-order valence-electron chi connectivity index (χ0n) is 10.4. The molecule has 1 heteroatoms. The van der Waals surface area contributed by atoms with E-state index in [9.17, 15) is 0 Å². The maximum atomic E-state index is 3.78. The van der Waals surface area contributed by atoms with E-state index in [1.54, 1.807) is 0 Å². The third-order valence-electron chi connectivity index (χ3n) is 3.88. The molecule has 1 nitrogen and oxygen atoms in total. The van der Waals surface area contributed by atoms with E-state index in [0.29, 0.717) is 12.1 Å². The van der Waals surface area contributed by atoms with E-state index in [1.807, 2.05) is 0 Å². The Bertz CT molecular complexity index is 306. The average molecular weight is 217 g/mol. The fourth-order valence-electron chi connectivity index (χ4n) is 2.72. The lowest BCUT2D eigenvalue weighted by molar-refractivity contribution is 0.263. The summed E-state index contributed by atoms with van der Waals surface area (Å²) in [6.07, 6.45) is 5.54. The molecule has 1 aromatic rings. The second-order valence-corrected chi connectivity index (χ2v) is 5.17. The number of hydrogen-bond donors (Lipinski definition) is 1. The smallest absolute Gasteiger partial charge is 0.0294 e. The van der Waals surface area contributed by atoms with Crippen LogP contribution in [0.15, 0.2) is 30.3 Å². The SMILES string of the molecule is C[C@H](N[C@@H]1CCCC[C@@H]1C)c1ccccc1. The summed E-state index contributed by atoms with van der Waals surface area (Å²) in [5.41, 5.74) is 1.40. The number of hydrogen-bond acceptors (Lipinski definition) is 1. The maximum Gasteiger partial charge on any atom is 0.0294 e. The summed E-state index contributed by atoms with van der Waals surface area (Å²) >= 11 is 0. The van der Waals surface area contributed by atoms with E-state index in [2.05, 4.69) is 49.5 Å². The third kappa shape index (κ3) is 2.85. The molecule has 3 atom stereocenters. The highest BCUT2D eigenvalue weighted by Gasteiger charge is 2.22. The van der Waals surface area contributed by atoms with Gasteiger partial charge in [0.2, 0.25) is 0 Å². The van der Waals surface area contributed by atoms with Crippen LogP contribution < -0.4 is 5.32 Å². The molecule has 0 saturated heterocycles. The molecule has 0 radical (unpaired) electrons. The topological polar surface area (TPSA) is 12.0 Å². The van der Waals surface area contributed by atoms with E-state index in [4.69, 9.17) is 0 Å². The van der Waals surface area contributed by atoms with Crippen molar-refractivity contribution in [2.75, 3.05) is 0 Å². The molecule has 88 valence electrons. The van der Waals surface area contributed by atoms with Gasteiger partial charge in [-0.3, -0.25) is 0 Å². The minimum Gasteiger partial charge on any atom is -0.307 e. The van der Waals surface area contributed by atoms with Gasteiger partial charge in [0.25, 0.3) is 0 Å². The van der Waals surface area contributed by atoms with Gasteiger partial charge in [-0.05, 0) is 31.2 Å². The predicted molar refractivity (Wildman–Crippen MR) is 69.4 cm³/mol. The van der Waals surface area contributed by atoms with Crippen LogP contribution in [0.1, 0.15) is 51.1 Å². The van der Waals surface area contributed by atoms with Gasteiger partial charge in [-0.15, -0.1) is 0 Å². The summed E-state index contributed by atoms with van der Waals surface area (Å²) in [6, 6.07) is 11.9. The molecular weight excluding hydrogens is 194 g/mol. The maximum absolute atomic E-state index is 3.78. The van der Waals surface area contributed by atoms with Crippen molar-refractivity contribution in [1.29, 1.82) is 0 Å². The summed E-state index contributed by atoms with van der Waals surface area (Å²) < 4.78 is 0. The average Bonchev–Trinajstić information content (AvgIpc) is 2.33. The van der Waals surface area contributed by atoms with Gasteiger partial charge in [-0.1, -0.05) is 50.1 Å². The van der Waals surface area contributed by atoms with Crippen molar-refractivity contribution < 1.29 is 0 Å². The summed E-state index contributed by atoms with van der Waals surface area (Å²) in [5, 5.41) is 3.78. The summed E-state index contributed by atoms with van der Waals surface area (Å²) in [5.74, 6) is 0.833. The zero-order valence-corrected chi connectivity index (χ0v) is 10.4. The molecule has 0 amide bonds. The van der Waals surface area contributed by atoms with Crippen molar-refractivity contribution in [3.8, 4) is 0 Å². The summed E-state index contributed by atoms with van der Waals surface area (Å²) in [6.45, 7) is 4.66. The van der Waals surface area contributed by atoms with E-state index in [-0.39, 0.29) is 0 Å². The molecule has 1 fully saturated rings. The fraction of sp³-hybridized carbons (Fsp3) is 0.600. The third-order valence-corrected chi connectivity index (χ3v) is 3.88. The molecule has 2 rings (SSSR count). The first kappa shape index (κ1) is 11.7. The molecular formula is C15H23N. The minimum atomic E-state index is 0.478. The van der Waals surface area contributed by atoms with E-state index in [1.165, 1.54) is 31.2 Å². The van der Waals surface area contributed by atoms with Crippen LogP contribution in [0.25, 0.3) is 0 Å². The molecule has 0 spiro atoms. The van der Waals surface area contributed by atoms with Gasteiger partial charge in [0.15, 0.2) is 0 Å². The van der Waals surface area contributed by atoms with Crippen molar-refractivity contribution in [2.24, 2.45) is 5.92 Å². The highest BCUT2D eigenvalue weighted by Crippen LogP contribution is 2.26. The largest absolute Gasteiger partial charge is 0.307 e. The Morgan fingerprint density at radius 2 is 1.81 bits per heavy atom. The quantitative estimate of drug-likeness (QED) is 0.809. The van der Waals surface area contributed by atoms with Crippen LogP contribution in [0.5, 0.6) is 0 Å². The van der Waals surface area contributed by atoms with Gasteiger partial charge in [-0.25, -0.2) is 0 Å². The van der Waals surface area contributed by atoms with Gasteiger partial charge in [0.05, 0.1) is 0 Å². The van der Waals surface area contributed by atoms with Crippen LogP contribution in [-0.2, 0) is 0 Å². The molecule has 1 aliphatic carbocycles. The molecule has 1 aromatic carbocycles. The van der Waals surface area contributed by atoms with Crippen LogP contribution in [0.4, 0.5) is 0 Å². The molecule has 0 aromatic heterocycles. The molecule has 1 aliphatic rings. The van der Waals surface area contributed by atoms with Crippen LogP contribution >= 0.6 is 0 Å². The standard InChI is InChI=1S/C15H23N/c1-12-8-6-7-11-15(12)16-13(2)14-9-4-3-5-10-14/h3-5,9-10,12-13,15-16H,6-8,11H2,1-2H3/t12-,13-,15+/m0/s1. The Labute approximate surface area is 99.3 Å². The van der Waals surface area contributed by atoms with Gasteiger partial charge >= 0.3 is 0 Å². The van der Waals surface area contributed by atoms with E-state index >= 15 is 0 Å². The molecule has 0 bridgehead atoms. The normalized spacial score (nSPS) is 27.6. The zero-order chi connectivity index (χ0) is 11.4. The van der Waals surface area contributed by atoms with Crippen LogP contribution in [0.3, 0.4) is 0 Å². The fourth-order valence-corrected chi connectivity index (χ4v) is 2.72. The molecule has 1 N–H and O–H groups in total. The van der Waals surface area contributed by atoms with E-state index < -0.39 is 0 Å². The molecule has 16 heavy (non-hydrogen) atoms. The highest BCUT2D eigenvalue weighted by atomic mass is 15.0. The lowest BCUT2D eigenvalue weighted by Crippen LogP contribution is -2.38. The van der Waals surface area contributed by atoms with Crippen molar-refractivity contribution in [1.82, 2.24) is 5.32 Å². The first-order valence-electron chi connectivity index (χ1n) is 6.58. The van der Waals surface area contributed by atoms with Gasteiger partial charge in [0.1, 0.15) is 0 Å². The highest BCUT2D eigenvalue weighted by molar-refractivity contribution is 5.18. The van der Waals surface area contributed by atoms with Crippen molar-refractivity contribution in [3.63, 3.8) is 0 Å². The van der Waals surface area contributed by atoms with Crippen molar-refractivity contribution in [3.05, 3.63) is 35.9 Å². The van der Waals surface area contributed by atoms with Gasteiger partial charge in [-0.2, -0.15) is 0 Å². The lowest BCUT2D eigenvalue weighted by atomic mass is 9.85. The summed E-state index contributed by atoms with van der Waals surface area (Å²) in [7, 11) is 0. The molecule has 0 heterocycles. The first-order chi connectivity index (χ1) is 7.77. The molecule has 1 saturated carbocycles. The lowest BCUT2D eigenvalue weighted by Gasteiger charge is -2.32. The minimum absolute atomic E-state index is 0.478. The number of nitrogens with one attached hydrogen (secondary N) is 1. The number of rotatable bonds is 3. The summed E-state index contributed by atoms with van der Waals surface area (Å²) in [4.78, 5) is 0. The molecule has 0 unspecified atom stereocenters. The Hall–Kier alpha value is -0.820. The molecule has 0 aliphatic heterocycles. The predicted octanol–water partition coefficient (Wildman–Crippen LogP) is 3.92.